The van der Waals surface area contributed by atoms with Crippen molar-refractivity contribution in [3.63, 3.8) is 0 Å². The second kappa shape index (κ2) is 7.63. The van der Waals surface area contributed by atoms with E-state index in [9.17, 15) is 4.57 Å². The van der Waals surface area contributed by atoms with Crippen LogP contribution in [0.5, 0.6) is 0 Å². The first-order valence-electron chi connectivity index (χ1n) is 4.40. The lowest BCUT2D eigenvalue weighted by atomic mass is 10.2. The number of hydrogen-bond donors (Lipinski definition) is 2. The van der Waals surface area contributed by atoms with Crippen LogP contribution in [0.4, 0.5) is 0 Å². The predicted molar refractivity (Wildman–Crippen MR) is 57.8 cm³/mol. The van der Waals surface area contributed by atoms with Gasteiger partial charge in [0.05, 0.1) is 0 Å². The summed E-state index contributed by atoms with van der Waals surface area (Å²) in [7, 11) is -2.15. The quantitative estimate of drug-likeness (QED) is 0.738. The summed E-state index contributed by atoms with van der Waals surface area (Å²) < 4.78 is 10.3. The number of rotatable bonds is 2. The van der Waals surface area contributed by atoms with Gasteiger partial charge in [-0.05, 0) is 22.6 Å². The summed E-state index contributed by atoms with van der Waals surface area (Å²) in [5.41, 5.74) is 0. The Bertz CT molecular complexity index is 259. The van der Waals surface area contributed by atoms with Crippen LogP contribution in [0, 0.1) is 5.92 Å². The van der Waals surface area contributed by atoms with Crippen molar-refractivity contribution in [1.29, 1.82) is 0 Å². The van der Waals surface area contributed by atoms with Crippen LogP contribution in [0.15, 0.2) is 30.3 Å². The highest BCUT2D eigenvalue weighted by atomic mass is 31.1. The molecule has 0 spiro atoms. The molecule has 3 nitrogen and oxygen atoms in total. The summed E-state index contributed by atoms with van der Waals surface area (Å²) in [6, 6.07) is 8.53. The van der Waals surface area contributed by atoms with E-state index in [-0.39, 0.29) is 0 Å². The molecule has 1 rings (SSSR count). The van der Waals surface area contributed by atoms with Crippen LogP contribution in [0.25, 0.3) is 0 Å². The Morgan fingerprint density at radius 1 is 1.29 bits per heavy atom. The van der Waals surface area contributed by atoms with Gasteiger partial charge in [-0.2, -0.15) is 4.89 Å². The minimum absolute atomic E-state index is 0.306. The molecule has 0 amide bonds. The summed E-state index contributed by atoms with van der Waals surface area (Å²) in [4.78, 5) is 8.53. The van der Waals surface area contributed by atoms with Gasteiger partial charge in [0.2, 0.25) is 5.30 Å². The van der Waals surface area contributed by atoms with Crippen molar-refractivity contribution >= 4 is 13.3 Å². The van der Waals surface area contributed by atoms with E-state index in [0.717, 1.165) is 0 Å². The maximum Gasteiger partial charge on any atom is 0.546 e. The topological polar surface area (TPSA) is 57.5 Å². The third-order valence-corrected chi connectivity index (χ3v) is 2.08. The van der Waals surface area contributed by atoms with Crippen LogP contribution in [-0.2, 0) is 4.57 Å². The highest BCUT2D eigenvalue weighted by molar-refractivity contribution is 7.47. The van der Waals surface area contributed by atoms with Crippen molar-refractivity contribution in [1.82, 2.24) is 0 Å². The number of benzene rings is 1. The van der Waals surface area contributed by atoms with Crippen molar-refractivity contribution in [3.05, 3.63) is 30.3 Å². The highest BCUT2D eigenvalue weighted by Crippen LogP contribution is 2.10. The summed E-state index contributed by atoms with van der Waals surface area (Å²) in [6.07, 6.45) is 0. The molecule has 0 aliphatic carbocycles. The molecule has 1 aromatic rings. The molecular formula is C10H16O3P+. The Labute approximate surface area is 85.3 Å². The first kappa shape index (κ1) is 13.2. The van der Waals surface area contributed by atoms with E-state index in [0.29, 0.717) is 17.8 Å². The Kier molecular flexibility index (Phi) is 7.21. The Balaban J connectivity index is 0.000000292. The van der Waals surface area contributed by atoms with Gasteiger partial charge < -0.3 is 5.11 Å². The van der Waals surface area contributed by atoms with E-state index >= 15 is 0 Å². The lowest BCUT2D eigenvalue weighted by Crippen LogP contribution is -1.91. The molecule has 0 fully saturated rings. The van der Waals surface area contributed by atoms with E-state index in [4.69, 9.17) is 10.00 Å². The third kappa shape index (κ3) is 6.72. The molecule has 1 atom stereocenters. The molecule has 1 unspecified atom stereocenters. The Morgan fingerprint density at radius 3 is 1.93 bits per heavy atom. The normalized spacial score (nSPS) is 10.5. The molecule has 0 saturated carbocycles. The smallest absolute Gasteiger partial charge is 0.396 e. The van der Waals surface area contributed by atoms with Gasteiger partial charge in [-0.25, -0.2) is 0 Å². The van der Waals surface area contributed by atoms with Gasteiger partial charge in [-0.3, -0.25) is 0 Å². The molecule has 0 aliphatic rings. The van der Waals surface area contributed by atoms with Crippen LogP contribution in [-0.4, -0.2) is 16.6 Å². The maximum atomic E-state index is 10.3. The van der Waals surface area contributed by atoms with Crippen LogP contribution in [0.3, 0.4) is 0 Å². The molecule has 0 radical (unpaired) electrons. The van der Waals surface area contributed by atoms with Crippen LogP contribution in [0.1, 0.15) is 13.8 Å². The van der Waals surface area contributed by atoms with Crippen molar-refractivity contribution in [2.24, 2.45) is 5.92 Å². The Morgan fingerprint density at radius 2 is 1.71 bits per heavy atom. The van der Waals surface area contributed by atoms with E-state index in [1.807, 2.05) is 19.9 Å². The predicted octanol–water partition coefficient (Wildman–Crippen LogP) is 1.68. The summed E-state index contributed by atoms with van der Waals surface area (Å²) >= 11 is 0. The van der Waals surface area contributed by atoms with Gasteiger partial charge in [0.1, 0.15) is 0 Å². The SMILES string of the molecule is CC(C)CO.O=[P+](O)c1ccccc1. The van der Waals surface area contributed by atoms with Gasteiger partial charge in [0.15, 0.2) is 0 Å². The number of hydrogen-bond acceptors (Lipinski definition) is 2. The first-order valence-corrected chi connectivity index (χ1v) is 5.61. The van der Waals surface area contributed by atoms with Crippen molar-refractivity contribution in [2.75, 3.05) is 6.61 Å². The largest absolute Gasteiger partial charge is 0.546 e. The molecule has 0 heterocycles. The van der Waals surface area contributed by atoms with Crippen LogP contribution >= 0.6 is 8.03 Å². The maximum absolute atomic E-state index is 10.3. The molecule has 4 heteroatoms. The highest BCUT2D eigenvalue weighted by Gasteiger charge is 2.12. The Hall–Kier alpha value is -0.760. The minimum atomic E-state index is -2.15. The average molecular weight is 215 g/mol. The summed E-state index contributed by atoms with van der Waals surface area (Å²) in [5, 5.41) is 8.62. The van der Waals surface area contributed by atoms with E-state index in [1.165, 1.54) is 0 Å². The molecule has 78 valence electrons. The summed E-state index contributed by atoms with van der Waals surface area (Å²) in [5.74, 6) is 0.440. The molecule has 14 heavy (non-hydrogen) atoms. The third-order valence-electron chi connectivity index (χ3n) is 1.34. The van der Waals surface area contributed by atoms with Crippen molar-refractivity contribution in [3.8, 4) is 0 Å². The fraction of sp³-hybridized carbons (Fsp3) is 0.400. The van der Waals surface area contributed by atoms with Gasteiger partial charge in [-0.1, -0.05) is 32.0 Å². The van der Waals surface area contributed by atoms with Gasteiger partial charge >= 0.3 is 8.03 Å². The second-order valence-corrected chi connectivity index (χ2v) is 4.25. The number of aliphatic hydroxyl groups is 1. The first-order chi connectivity index (χ1) is 6.57. The molecule has 1 aromatic carbocycles. The monoisotopic (exact) mass is 215 g/mol. The van der Waals surface area contributed by atoms with Crippen molar-refractivity contribution in [2.45, 2.75) is 13.8 Å². The zero-order valence-corrected chi connectivity index (χ0v) is 9.32. The fourth-order valence-corrected chi connectivity index (χ4v) is 0.983. The van der Waals surface area contributed by atoms with Gasteiger partial charge in [0, 0.05) is 6.61 Å². The van der Waals surface area contributed by atoms with E-state index in [1.54, 1.807) is 24.3 Å². The molecule has 0 aromatic heterocycles. The number of aliphatic hydroxyl groups excluding tert-OH is 1. The minimum Gasteiger partial charge on any atom is -0.396 e. The second-order valence-electron chi connectivity index (χ2n) is 3.18. The zero-order chi connectivity index (χ0) is 11.0. The molecule has 0 saturated heterocycles. The lowest BCUT2D eigenvalue weighted by molar-refractivity contribution is 0.248. The van der Waals surface area contributed by atoms with Gasteiger partial charge in [-0.15, -0.1) is 0 Å². The lowest BCUT2D eigenvalue weighted by Gasteiger charge is -1.90. The van der Waals surface area contributed by atoms with Crippen molar-refractivity contribution < 1.29 is 14.6 Å². The van der Waals surface area contributed by atoms with E-state index in [2.05, 4.69) is 0 Å². The molecule has 2 N–H and O–H groups in total. The standard InChI is InChI=1S/C6H5O2P.C4H10O/c7-9(8)6-4-2-1-3-5-6;1-4(2)3-5/h1-5H;4-5H,3H2,1-2H3/p+1. The zero-order valence-electron chi connectivity index (χ0n) is 8.42. The fourth-order valence-electron chi connectivity index (χ4n) is 0.556. The van der Waals surface area contributed by atoms with Crippen LogP contribution in [0.2, 0.25) is 0 Å². The molecule has 0 aliphatic heterocycles. The van der Waals surface area contributed by atoms with Crippen LogP contribution < -0.4 is 5.30 Å². The molecular weight excluding hydrogens is 199 g/mol. The van der Waals surface area contributed by atoms with Gasteiger partial charge in [0.25, 0.3) is 0 Å². The van der Waals surface area contributed by atoms with E-state index < -0.39 is 8.03 Å². The summed E-state index contributed by atoms with van der Waals surface area (Å²) in [6.45, 7) is 4.25. The molecule has 0 bridgehead atoms. The average Bonchev–Trinajstić information content (AvgIpc) is 2.20.